The van der Waals surface area contributed by atoms with E-state index in [1.807, 2.05) is 17.0 Å². The Morgan fingerprint density at radius 3 is 2.61 bits per heavy atom. The zero-order valence-electron chi connectivity index (χ0n) is 16.6. The first kappa shape index (κ1) is 21.1. The first-order chi connectivity index (χ1) is 13.6. The number of carbonyl (C=O) groups excluding carboxylic acids is 2. The third-order valence-electron chi connectivity index (χ3n) is 5.82. The van der Waals surface area contributed by atoms with Crippen LogP contribution in [0, 0.1) is 11.8 Å². The van der Waals surface area contributed by atoms with Crippen LogP contribution in [-0.4, -0.2) is 29.8 Å². The molecule has 2 fully saturated rings. The average molecular weight is 406 g/mol. The van der Waals surface area contributed by atoms with Crippen LogP contribution < -0.4 is 11.1 Å². The highest BCUT2D eigenvalue weighted by molar-refractivity contribution is 6.31. The van der Waals surface area contributed by atoms with Crippen LogP contribution in [0.1, 0.15) is 63.4 Å². The molecule has 0 aliphatic heterocycles. The van der Waals surface area contributed by atoms with E-state index in [0.29, 0.717) is 37.0 Å². The van der Waals surface area contributed by atoms with Gasteiger partial charge in [-0.1, -0.05) is 37.3 Å². The van der Waals surface area contributed by atoms with Crippen LogP contribution in [0.15, 0.2) is 18.2 Å². The first-order valence-electron chi connectivity index (χ1n) is 10.6. The Balaban J connectivity index is 1.59. The molecule has 0 saturated heterocycles. The number of halogens is 1. The minimum atomic E-state index is 0.0502. The number of nitrogens with two attached hydrogens (primary N) is 1. The molecule has 2 saturated carbocycles. The van der Waals surface area contributed by atoms with Gasteiger partial charge in [-0.05, 0) is 61.9 Å². The van der Waals surface area contributed by atoms with E-state index in [-0.39, 0.29) is 17.7 Å². The summed E-state index contributed by atoms with van der Waals surface area (Å²) in [5, 5.41) is 3.61. The van der Waals surface area contributed by atoms with Gasteiger partial charge in [0.2, 0.25) is 11.8 Å². The Kier molecular flexibility index (Phi) is 7.74. The normalized spacial score (nSPS) is 16.9. The fraction of sp³-hybridized carbons (Fsp3) is 0.636. The Labute approximate surface area is 173 Å². The van der Waals surface area contributed by atoms with E-state index in [1.165, 1.54) is 25.7 Å². The van der Waals surface area contributed by atoms with E-state index in [9.17, 15) is 9.59 Å². The molecule has 0 heterocycles. The maximum absolute atomic E-state index is 12.6. The van der Waals surface area contributed by atoms with Gasteiger partial charge < -0.3 is 16.0 Å². The second-order valence-corrected chi connectivity index (χ2v) is 8.63. The van der Waals surface area contributed by atoms with Crippen LogP contribution in [0.25, 0.3) is 0 Å². The van der Waals surface area contributed by atoms with Gasteiger partial charge in [0.25, 0.3) is 0 Å². The monoisotopic (exact) mass is 405 g/mol. The summed E-state index contributed by atoms with van der Waals surface area (Å²) in [7, 11) is 0. The van der Waals surface area contributed by atoms with Crippen molar-refractivity contribution in [2.24, 2.45) is 17.6 Å². The van der Waals surface area contributed by atoms with Crippen molar-refractivity contribution in [3.63, 3.8) is 0 Å². The molecule has 0 aromatic heterocycles. The van der Waals surface area contributed by atoms with Gasteiger partial charge in [-0.2, -0.15) is 0 Å². The minimum Gasteiger partial charge on any atom is -0.338 e. The van der Waals surface area contributed by atoms with Crippen molar-refractivity contribution >= 4 is 29.1 Å². The molecule has 1 aromatic rings. The van der Waals surface area contributed by atoms with Gasteiger partial charge in [0.15, 0.2) is 0 Å². The third-order valence-corrected chi connectivity index (χ3v) is 6.18. The number of carbonyl (C=O) groups is 2. The number of amides is 2. The quantitative estimate of drug-likeness (QED) is 0.608. The van der Waals surface area contributed by atoms with Crippen LogP contribution in [0.5, 0.6) is 0 Å². The minimum absolute atomic E-state index is 0.0502. The molecule has 0 atom stereocenters. The predicted octanol–water partition coefficient (Wildman–Crippen LogP) is 4.34. The van der Waals surface area contributed by atoms with Crippen molar-refractivity contribution in [3.8, 4) is 0 Å². The molecule has 2 amide bonds. The number of nitrogens with zero attached hydrogens (tertiary/aromatic N) is 1. The lowest BCUT2D eigenvalue weighted by Gasteiger charge is -2.23. The van der Waals surface area contributed by atoms with Crippen LogP contribution >= 0.6 is 11.6 Å². The van der Waals surface area contributed by atoms with Crippen molar-refractivity contribution in [2.45, 2.75) is 64.3 Å². The predicted molar refractivity (Wildman–Crippen MR) is 113 cm³/mol. The summed E-state index contributed by atoms with van der Waals surface area (Å²) in [6, 6.07) is 5.52. The smallest absolute Gasteiger partial charge is 0.225 e. The van der Waals surface area contributed by atoms with Crippen molar-refractivity contribution in [1.82, 2.24) is 4.90 Å². The molecule has 0 radical (unpaired) electrons. The number of benzene rings is 1. The van der Waals surface area contributed by atoms with Gasteiger partial charge in [0.05, 0.1) is 0 Å². The summed E-state index contributed by atoms with van der Waals surface area (Å²) >= 11 is 6.38. The Hall–Kier alpha value is -1.59. The summed E-state index contributed by atoms with van der Waals surface area (Å²) in [5.74, 6) is 1.11. The zero-order valence-corrected chi connectivity index (χ0v) is 17.3. The number of rotatable bonds is 10. The second kappa shape index (κ2) is 10.3. The van der Waals surface area contributed by atoms with Crippen LogP contribution in [0.4, 0.5) is 5.69 Å². The molecule has 5 nitrogen and oxygen atoms in total. The van der Waals surface area contributed by atoms with Gasteiger partial charge in [-0.3, -0.25) is 9.59 Å². The number of anilines is 1. The summed E-state index contributed by atoms with van der Waals surface area (Å²) in [5.41, 5.74) is 7.24. The first-order valence-corrected chi connectivity index (χ1v) is 11.0. The van der Waals surface area contributed by atoms with E-state index in [4.69, 9.17) is 17.3 Å². The van der Waals surface area contributed by atoms with E-state index in [0.717, 1.165) is 36.9 Å². The molecule has 3 rings (SSSR count). The summed E-state index contributed by atoms with van der Waals surface area (Å²) < 4.78 is 0. The summed E-state index contributed by atoms with van der Waals surface area (Å²) in [6.07, 6.45) is 9.36. The van der Waals surface area contributed by atoms with E-state index in [1.54, 1.807) is 6.07 Å². The van der Waals surface area contributed by atoms with Crippen LogP contribution in [-0.2, 0) is 16.1 Å². The van der Waals surface area contributed by atoms with Crippen molar-refractivity contribution in [3.05, 3.63) is 28.8 Å². The van der Waals surface area contributed by atoms with Crippen molar-refractivity contribution < 1.29 is 9.59 Å². The topological polar surface area (TPSA) is 75.4 Å². The van der Waals surface area contributed by atoms with E-state index >= 15 is 0 Å². The number of nitrogens with one attached hydrogen (secondary N) is 1. The third kappa shape index (κ3) is 6.21. The molecule has 6 heteroatoms. The number of hydrogen-bond donors (Lipinski definition) is 2. The van der Waals surface area contributed by atoms with Gasteiger partial charge in [0, 0.05) is 36.1 Å². The molecule has 0 spiro atoms. The second-order valence-electron chi connectivity index (χ2n) is 8.22. The fourth-order valence-electron chi connectivity index (χ4n) is 3.97. The summed E-state index contributed by atoms with van der Waals surface area (Å²) in [6.45, 7) is 1.65. The Bertz CT molecular complexity index is 684. The highest BCUT2D eigenvalue weighted by Crippen LogP contribution is 2.32. The molecule has 2 aliphatic rings. The highest BCUT2D eigenvalue weighted by Gasteiger charge is 2.33. The van der Waals surface area contributed by atoms with Crippen molar-refractivity contribution in [1.29, 1.82) is 0 Å². The molecule has 0 bridgehead atoms. The maximum atomic E-state index is 12.6. The largest absolute Gasteiger partial charge is 0.338 e. The average Bonchev–Trinajstić information content (AvgIpc) is 3.41. The lowest BCUT2D eigenvalue weighted by Crippen LogP contribution is -2.33. The molecular formula is C22H32ClN3O2. The van der Waals surface area contributed by atoms with Crippen LogP contribution in [0.3, 0.4) is 0 Å². The van der Waals surface area contributed by atoms with Gasteiger partial charge in [-0.25, -0.2) is 0 Å². The number of hydrogen-bond acceptors (Lipinski definition) is 3. The molecule has 0 unspecified atom stereocenters. The summed E-state index contributed by atoms with van der Waals surface area (Å²) in [4.78, 5) is 26.7. The molecular weight excluding hydrogens is 374 g/mol. The lowest BCUT2D eigenvalue weighted by molar-refractivity contribution is -0.133. The highest BCUT2D eigenvalue weighted by atomic mass is 35.5. The Morgan fingerprint density at radius 2 is 1.93 bits per heavy atom. The SMILES string of the molecule is NCCCN(Cc1cc(NC(=O)CCC2CCCC2)ccc1Cl)C(=O)C1CC1. The van der Waals surface area contributed by atoms with Gasteiger partial charge >= 0.3 is 0 Å². The van der Waals surface area contributed by atoms with Gasteiger partial charge in [0.1, 0.15) is 0 Å². The zero-order chi connectivity index (χ0) is 19.9. The Morgan fingerprint density at radius 1 is 1.18 bits per heavy atom. The van der Waals surface area contributed by atoms with Gasteiger partial charge in [-0.15, -0.1) is 0 Å². The lowest BCUT2D eigenvalue weighted by atomic mass is 10.0. The molecule has 154 valence electrons. The maximum Gasteiger partial charge on any atom is 0.225 e. The molecule has 2 aliphatic carbocycles. The molecule has 28 heavy (non-hydrogen) atoms. The van der Waals surface area contributed by atoms with E-state index in [2.05, 4.69) is 5.32 Å². The van der Waals surface area contributed by atoms with E-state index < -0.39 is 0 Å². The van der Waals surface area contributed by atoms with Crippen LogP contribution in [0.2, 0.25) is 5.02 Å². The molecule has 3 N–H and O–H groups in total. The fourth-order valence-corrected chi connectivity index (χ4v) is 4.15. The van der Waals surface area contributed by atoms with Crippen molar-refractivity contribution in [2.75, 3.05) is 18.4 Å². The molecule has 1 aromatic carbocycles. The standard InChI is InChI=1S/C22H32ClN3O2/c23-20-10-9-19(25-21(27)11-6-16-4-1-2-5-16)14-18(20)15-26(13-3-12-24)22(28)17-7-8-17/h9-10,14,16-17H,1-8,11-13,15,24H2,(H,25,27).